The molecule has 3 heterocycles. The minimum absolute atomic E-state index is 0.0920. The highest BCUT2D eigenvalue weighted by Gasteiger charge is 2.17. The number of fused-ring (bicyclic) bond motifs is 2. The zero-order valence-electron chi connectivity index (χ0n) is 15.9. The Balaban J connectivity index is 1.59. The molecule has 0 fully saturated rings. The lowest BCUT2D eigenvalue weighted by atomic mass is 10.1. The summed E-state index contributed by atoms with van der Waals surface area (Å²) >= 11 is 0. The first-order valence-electron chi connectivity index (χ1n) is 9.54. The number of pyridine rings is 2. The molecule has 0 aliphatic carbocycles. The van der Waals surface area contributed by atoms with Gasteiger partial charge in [0.1, 0.15) is 5.52 Å². The molecule has 0 bridgehead atoms. The third-order valence-electron chi connectivity index (χ3n) is 5.27. The normalized spacial score (nSPS) is 12.4. The number of rotatable bonds is 4. The van der Waals surface area contributed by atoms with Gasteiger partial charge < -0.3 is 4.57 Å². The van der Waals surface area contributed by atoms with Gasteiger partial charge in [-0.15, -0.1) is 5.10 Å². The molecule has 0 N–H and O–H groups in total. The fourth-order valence-corrected chi connectivity index (χ4v) is 3.66. The molecule has 0 aliphatic heterocycles. The molecule has 3 aromatic heterocycles. The van der Waals surface area contributed by atoms with Crippen molar-refractivity contribution in [3.8, 4) is 0 Å². The molecule has 6 heteroatoms. The highest BCUT2D eigenvalue weighted by Crippen LogP contribution is 2.23. The summed E-state index contributed by atoms with van der Waals surface area (Å²) in [5.41, 5.74) is 4.09. The molecule has 0 radical (unpaired) electrons. The SMILES string of the molecule is C[C@@H](c1ccc2ncccc2c1)n1nnc2ccn(Cc3ccccc3)c(=O)c21. The molecular formula is C23H19N5O. The van der Waals surface area contributed by atoms with Crippen LogP contribution in [0.4, 0.5) is 0 Å². The summed E-state index contributed by atoms with van der Waals surface area (Å²) in [4.78, 5) is 17.6. The maximum Gasteiger partial charge on any atom is 0.278 e. The highest BCUT2D eigenvalue weighted by atomic mass is 16.1. The van der Waals surface area contributed by atoms with Gasteiger partial charge in [0.25, 0.3) is 5.56 Å². The van der Waals surface area contributed by atoms with Crippen LogP contribution in [0.15, 0.2) is 83.9 Å². The van der Waals surface area contributed by atoms with Crippen molar-refractivity contribution in [1.82, 2.24) is 24.5 Å². The van der Waals surface area contributed by atoms with Gasteiger partial charge in [0.15, 0.2) is 5.52 Å². The van der Waals surface area contributed by atoms with E-state index >= 15 is 0 Å². The van der Waals surface area contributed by atoms with Crippen LogP contribution in [0.2, 0.25) is 0 Å². The minimum atomic E-state index is -0.134. The molecule has 0 saturated carbocycles. The Kier molecular flexibility index (Phi) is 4.17. The van der Waals surface area contributed by atoms with Gasteiger partial charge in [-0.2, -0.15) is 0 Å². The van der Waals surface area contributed by atoms with E-state index in [1.807, 2.05) is 67.6 Å². The van der Waals surface area contributed by atoms with Crippen LogP contribution in [-0.4, -0.2) is 24.5 Å². The minimum Gasteiger partial charge on any atom is -0.309 e. The van der Waals surface area contributed by atoms with Crippen LogP contribution in [0.5, 0.6) is 0 Å². The van der Waals surface area contributed by atoms with E-state index in [1.165, 1.54) is 0 Å². The summed E-state index contributed by atoms with van der Waals surface area (Å²) < 4.78 is 3.42. The fraction of sp³-hybridized carbons (Fsp3) is 0.130. The molecular weight excluding hydrogens is 362 g/mol. The van der Waals surface area contributed by atoms with Crippen LogP contribution in [-0.2, 0) is 6.54 Å². The molecule has 0 unspecified atom stereocenters. The molecule has 1 atom stereocenters. The Morgan fingerprint density at radius 3 is 2.69 bits per heavy atom. The summed E-state index contributed by atoms with van der Waals surface area (Å²) in [6.07, 6.45) is 3.56. The van der Waals surface area contributed by atoms with Crippen LogP contribution in [0.1, 0.15) is 24.1 Å². The van der Waals surface area contributed by atoms with Gasteiger partial charge in [0.2, 0.25) is 0 Å². The largest absolute Gasteiger partial charge is 0.309 e. The van der Waals surface area contributed by atoms with Crippen molar-refractivity contribution in [2.75, 3.05) is 0 Å². The lowest BCUT2D eigenvalue weighted by Gasteiger charge is -2.14. The van der Waals surface area contributed by atoms with Crippen molar-refractivity contribution in [2.45, 2.75) is 19.5 Å². The van der Waals surface area contributed by atoms with Crippen molar-refractivity contribution >= 4 is 21.9 Å². The van der Waals surface area contributed by atoms with Crippen LogP contribution in [0.25, 0.3) is 21.9 Å². The number of hydrogen-bond acceptors (Lipinski definition) is 4. The fourth-order valence-electron chi connectivity index (χ4n) is 3.66. The number of benzene rings is 2. The second-order valence-electron chi connectivity index (χ2n) is 7.13. The average molecular weight is 381 g/mol. The highest BCUT2D eigenvalue weighted by molar-refractivity contribution is 5.79. The van der Waals surface area contributed by atoms with E-state index in [-0.39, 0.29) is 11.6 Å². The van der Waals surface area contributed by atoms with E-state index in [9.17, 15) is 4.79 Å². The second-order valence-corrected chi connectivity index (χ2v) is 7.13. The molecule has 5 aromatic rings. The van der Waals surface area contributed by atoms with E-state index in [1.54, 1.807) is 21.6 Å². The molecule has 0 amide bonds. The molecule has 0 spiro atoms. The van der Waals surface area contributed by atoms with Crippen molar-refractivity contribution in [1.29, 1.82) is 0 Å². The molecule has 5 rings (SSSR count). The van der Waals surface area contributed by atoms with Gasteiger partial charge in [-0.05, 0) is 42.3 Å². The van der Waals surface area contributed by atoms with Crippen molar-refractivity contribution in [3.05, 3.63) is 101 Å². The second kappa shape index (κ2) is 6.98. The first kappa shape index (κ1) is 17.3. The Bertz CT molecular complexity index is 1370. The van der Waals surface area contributed by atoms with Gasteiger partial charge >= 0.3 is 0 Å². The Morgan fingerprint density at radius 1 is 0.966 bits per heavy atom. The summed E-state index contributed by atoms with van der Waals surface area (Å²) in [6.45, 7) is 2.54. The maximum atomic E-state index is 13.2. The molecule has 2 aromatic carbocycles. The molecule has 0 saturated heterocycles. The zero-order valence-corrected chi connectivity index (χ0v) is 15.9. The third-order valence-corrected chi connectivity index (χ3v) is 5.27. The van der Waals surface area contributed by atoms with Crippen LogP contribution < -0.4 is 5.56 Å². The summed E-state index contributed by atoms with van der Waals surface area (Å²) in [5, 5.41) is 9.58. The van der Waals surface area contributed by atoms with E-state index < -0.39 is 0 Å². The Morgan fingerprint density at radius 2 is 1.83 bits per heavy atom. The van der Waals surface area contributed by atoms with Gasteiger partial charge in [-0.1, -0.05) is 47.7 Å². The van der Waals surface area contributed by atoms with Gasteiger partial charge in [-0.25, -0.2) is 4.68 Å². The Labute approximate surface area is 167 Å². The average Bonchev–Trinajstić information content (AvgIpc) is 3.20. The van der Waals surface area contributed by atoms with E-state index in [0.29, 0.717) is 17.6 Å². The molecule has 29 heavy (non-hydrogen) atoms. The summed E-state index contributed by atoms with van der Waals surface area (Å²) in [6, 6.07) is 21.7. The van der Waals surface area contributed by atoms with E-state index in [4.69, 9.17) is 0 Å². The van der Waals surface area contributed by atoms with Crippen LogP contribution in [0.3, 0.4) is 0 Å². The maximum absolute atomic E-state index is 13.2. The molecule has 6 nitrogen and oxygen atoms in total. The van der Waals surface area contributed by atoms with Crippen molar-refractivity contribution < 1.29 is 0 Å². The zero-order chi connectivity index (χ0) is 19.8. The van der Waals surface area contributed by atoms with E-state index in [2.05, 4.69) is 21.4 Å². The number of aromatic nitrogens is 5. The monoisotopic (exact) mass is 381 g/mol. The summed E-state index contributed by atoms with van der Waals surface area (Å²) in [7, 11) is 0. The molecule has 142 valence electrons. The van der Waals surface area contributed by atoms with Crippen molar-refractivity contribution in [2.24, 2.45) is 0 Å². The number of hydrogen-bond donors (Lipinski definition) is 0. The lowest BCUT2D eigenvalue weighted by molar-refractivity contribution is 0.557. The van der Waals surface area contributed by atoms with Crippen molar-refractivity contribution in [3.63, 3.8) is 0 Å². The van der Waals surface area contributed by atoms with Crippen LogP contribution in [0, 0.1) is 0 Å². The standard InChI is InChI=1S/C23H19N5O/c1-16(18-9-10-20-19(14-18)8-5-12-24-20)28-22-21(25-26-28)11-13-27(23(22)29)15-17-6-3-2-4-7-17/h2-14,16H,15H2,1H3/t16-/m0/s1. The quantitative estimate of drug-likeness (QED) is 0.475. The lowest BCUT2D eigenvalue weighted by Crippen LogP contribution is -2.23. The predicted molar refractivity (Wildman–Crippen MR) is 113 cm³/mol. The topological polar surface area (TPSA) is 65.6 Å². The smallest absolute Gasteiger partial charge is 0.278 e. The third kappa shape index (κ3) is 3.08. The first-order valence-corrected chi connectivity index (χ1v) is 9.54. The number of nitrogens with zero attached hydrogens (tertiary/aromatic N) is 5. The predicted octanol–water partition coefficient (Wildman–Crippen LogP) is 3.80. The van der Waals surface area contributed by atoms with Gasteiger partial charge in [0, 0.05) is 17.8 Å². The summed E-state index contributed by atoms with van der Waals surface area (Å²) in [5.74, 6) is 0. The van der Waals surface area contributed by atoms with Gasteiger partial charge in [-0.3, -0.25) is 9.78 Å². The molecule has 0 aliphatic rings. The Hall–Kier alpha value is -3.80. The van der Waals surface area contributed by atoms with Gasteiger partial charge in [0.05, 0.1) is 18.1 Å². The van der Waals surface area contributed by atoms with E-state index in [0.717, 1.165) is 22.0 Å². The van der Waals surface area contributed by atoms with Crippen LogP contribution >= 0.6 is 0 Å². The first-order chi connectivity index (χ1) is 14.2.